The molecule has 0 heterocycles. The molecule has 1 aliphatic carbocycles. The first-order chi connectivity index (χ1) is 8.47. The van der Waals surface area contributed by atoms with Crippen molar-refractivity contribution in [3.8, 4) is 0 Å². The van der Waals surface area contributed by atoms with E-state index in [0.717, 1.165) is 25.7 Å². The SMILES string of the molecule is CSCC[C@@H](NC(=O)CC1(N)CCCC1)C(=O)O. The van der Waals surface area contributed by atoms with Crippen LogP contribution in [0.5, 0.6) is 0 Å². The highest BCUT2D eigenvalue weighted by Crippen LogP contribution is 2.29. The van der Waals surface area contributed by atoms with Gasteiger partial charge in [-0.2, -0.15) is 11.8 Å². The third-order valence-electron chi connectivity index (χ3n) is 3.36. The maximum Gasteiger partial charge on any atom is 0.326 e. The fourth-order valence-electron chi connectivity index (χ4n) is 2.31. The molecule has 1 fully saturated rings. The van der Waals surface area contributed by atoms with E-state index in [-0.39, 0.29) is 12.3 Å². The third-order valence-corrected chi connectivity index (χ3v) is 4.00. The molecule has 4 N–H and O–H groups in total. The Kier molecular flexibility index (Phi) is 5.95. The zero-order valence-corrected chi connectivity index (χ0v) is 11.6. The van der Waals surface area contributed by atoms with Crippen molar-refractivity contribution in [2.75, 3.05) is 12.0 Å². The quantitative estimate of drug-likeness (QED) is 0.643. The first-order valence-electron chi connectivity index (χ1n) is 6.27. The van der Waals surface area contributed by atoms with Crippen molar-refractivity contribution in [1.82, 2.24) is 5.32 Å². The topological polar surface area (TPSA) is 92.4 Å². The minimum absolute atomic E-state index is 0.232. The zero-order valence-electron chi connectivity index (χ0n) is 10.8. The molecule has 0 unspecified atom stereocenters. The lowest BCUT2D eigenvalue weighted by Gasteiger charge is -2.24. The van der Waals surface area contributed by atoms with Crippen LogP contribution >= 0.6 is 11.8 Å². The van der Waals surface area contributed by atoms with E-state index < -0.39 is 17.6 Å². The van der Waals surface area contributed by atoms with Gasteiger partial charge in [0.1, 0.15) is 6.04 Å². The van der Waals surface area contributed by atoms with Crippen molar-refractivity contribution < 1.29 is 14.7 Å². The molecule has 6 heteroatoms. The first-order valence-corrected chi connectivity index (χ1v) is 7.66. The van der Waals surface area contributed by atoms with Crippen molar-refractivity contribution >= 4 is 23.6 Å². The molecule has 18 heavy (non-hydrogen) atoms. The molecule has 1 saturated carbocycles. The molecule has 1 amide bonds. The molecular formula is C12H22N2O3S. The molecule has 1 rings (SSSR count). The van der Waals surface area contributed by atoms with Crippen LogP contribution in [0.4, 0.5) is 0 Å². The van der Waals surface area contributed by atoms with Gasteiger partial charge >= 0.3 is 5.97 Å². The van der Waals surface area contributed by atoms with Gasteiger partial charge in [-0.15, -0.1) is 0 Å². The molecule has 104 valence electrons. The highest BCUT2D eigenvalue weighted by Gasteiger charge is 2.32. The number of carbonyl (C=O) groups is 2. The molecule has 0 aromatic heterocycles. The number of hydrogen-bond acceptors (Lipinski definition) is 4. The molecule has 0 bridgehead atoms. The highest BCUT2D eigenvalue weighted by molar-refractivity contribution is 7.98. The second-order valence-electron chi connectivity index (χ2n) is 4.99. The molecule has 0 radical (unpaired) electrons. The number of aliphatic carboxylic acids is 1. The van der Waals surface area contributed by atoms with E-state index in [0.29, 0.717) is 12.2 Å². The van der Waals surface area contributed by atoms with Crippen LogP contribution in [0.15, 0.2) is 0 Å². The van der Waals surface area contributed by atoms with Crippen molar-refractivity contribution in [3.05, 3.63) is 0 Å². The fourth-order valence-corrected chi connectivity index (χ4v) is 2.79. The van der Waals surface area contributed by atoms with Gasteiger partial charge in [0, 0.05) is 12.0 Å². The average molecular weight is 274 g/mol. The smallest absolute Gasteiger partial charge is 0.326 e. The average Bonchev–Trinajstić information content (AvgIpc) is 2.70. The van der Waals surface area contributed by atoms with E-state index in [2.05, 4.69) is 5.32 Å². The predicted octanol–water partition coefficient (Wildman–Crippen LogP) is 0.970. The van der Waals surface area contributed by atoms with Gasteiger partial charge in [-0.05, 0) is 31.3 Å². The molecule has 5 nitrogen and oxygen atoms in total. The summed E-state index contributed by atoms with van der Waals surface area (Å²) in [6, 6.07) is -0.796. The molecule has 0 saturated heterocycles. The fraction of sp³-hybridized carbons (Fsp3) is 0.833. The zero-order chi connectivity index (χ0) is 13.6. The number of nitrogens with one attached hydrogen (secondary N) is 1. The van der Waals surface area contributed by atoms with Crippen LogP contribution in [-0.2, 0) is 9.59 Å². The highest BCUT2D eigenvalue weighted by atomic mass is 32.2. The summed E-state index contributed by atoms with van der Waals surface area (Å²) >= 11 is 1.57. The van der Waals surface area contributed by atoms with E-state index in [1.165, 1.54) is 0 Å². The number of nitrogens with two attached hydrogens (primary N) is 1. The maximum absolute atomic E-state index is 11.8. The van der Waals surface area contributed by atoms with Crippen LogP contribution in [0, 0.1) is 0 Å². The Balaban J connectivity index is 2.43. The minimum Gasteiger partial charge on any atom is -0.480 e. The van der Waals surface area contributed by atoms with E-state index >= 15 is 0 Å². The van der Waals surface area contributed by atoms with Crippen LogP contribution in [0.3, 0.4) is 0 Å². The van der Waals surface area contributed by atoms with E-state index in [1.54, 1.807) is 11.8 Å². The summed E-state index contributed by atoms with van der Waals surface area (Å²) in [6.45, 7) is 0. The van der Waals surface area contributed by atoms with Crippen LogP contribution < -0.4 is 11.1 Å². The maximum atomic E-state index is 11.8. The number of carbonyl (C=O) groups excluding carboxylic acids is 1. The summed E-state index contributed by atoms with van der Waals surface area (Å²) in [7, 11) is 0. The number of hydrogen-bond donors (Lipinski definition) is 3. The largest absolute Gasteiger partial charge is 0.480 e. The third kappa shape index (κ3) is 4.86. The number of rotatable bonds is 7. The van der Waals surface area contributed by atoms with Gasteiger partial charge in [-0.3, -0.25) is 4.79 Å². The Labute approximate surface area is 112 Å². The van der Waals surface area contributed by atoms with Gasteiger partial charge in [0.15, 0.2) is 0 Å². The molecule has 1 atom stereocenters. The second-order valence-corrected chi connectivity index (χ2v) is 5.97. The van der Waals surface area contributed by atoms with Crippen LogP contribution in [0.2, 0.25) is 0 Å². The lowest BCUT2D eigenvalue weighted by atomic mass is 9.94. The number of thioether (sulfide) groups is 1. The van der Waals surface area contributed by atoms with E-state index in [4.69, 9.17) is 10.8 Å². The molecular weight excluding hydrogens is 252 g/mol. The van der Waals surface area contributed by atoms with Gasteiger partial charge in [0.2, 0.25) is 5.91 Å². The van der Waals surface area contributed by atoms with Crippen LogP contribution in [0.25, 0.3) is 0 Å². The van der Waals surface area contributed by atoms with Crippen molar-refractivity contribution in [1.29, 1.82) is 0 Å². The molecule has 0 aliphatic heterocycles. The molecule has 0 aromatic carbocycles. The van der Waals surface area contributed by atoms with E-state index in [1.807, 2.05) is 6.26 Å². The summed E-state index contributed by atoms with van der Waals surface area (Å²) in [5.41, 5.74) is 5.68. The molecule has 0 spiro atoms. The first kappa shape index (κ1) is 15.3. The Bertz CT molecular complexity index is 304. The van der Waals surface area contributed by atoms with Crippen molar-refractivity contribution in [2.24, 2.45) is 5.73 Å². The predicted molar refractivity (Wildman–Crippen MR) is 72.6 cm³/mol. The van der Waals surface area contributed by atoms with Crippen molar-refractivity contribution in [3.63, 3.8) is 0 Å². The van der Waals surface area contributed by atoms with Gasteiger partial charge in [-0.25, -0.2) is 4.79 Å². The van der Waals surface area contributed by atoms with Gasteiger partial charge in [-0.1, -0.05) is 12.8 Å². The van der Waals surface area contributed by atoms with Crippen LogP contribution in [0.1, 0.15) is 38.5 Å². The van der Waals surface area contributed by atoms with E-state index in [9.17, 15) is 9.59 Å². The summed E-state index contributed by atoms with van der Waals surface area (Å²) in [4.78, 5) is 22.8. The minimum atomic E-state index is -0.977. The van der Waals surface area contributed by atoms with Gasteiger partial charge in [0.05, 0.1) is 0 Å². The standard InChI is InChI=1S/C12H22N2O3S/c1-18-7-4-9(11(16)17)14-10(15)8-12(13)5-2-3-6-12/h9H,2-8,13H2,1H3,(H,14,15)(H,16,17)/t9-/m1/s1. The van der Waals surface area contributed by atoms with Gasteiger partial charge in [0.25, 0.3) is 0 Å². The Morgan fingerprint density at radius 2 is 2.06 bits per heavy atom. The van der Waals surface area contributed by atoms with Crippen LogP contribution in [-0.4, -0.2) is 40.6 Å². The Hall–Kier alpha value is -0.750. The molecule has 0 aromatic rings. The lowest BCUT2D eigenvalue weighted by molar-refractivity contribution is -0.142. The summed E-state index contributed by atoms with van der Waals surface area (Å²) < 4.78 is 0. The summed E-state index contributed by atoms with van der Waals surface area (Å²) in [5, 5.41) is 11.6. The monoisotopic (exact) mass is 274 g/mol. The van der Waals surface area contributed by atoms with Gasteiger partial charge < -0.3 is 16.2 Å². The summed E-state index contributed by atoms with van der Waals surface area (Å²) in [5.74, 6) is -0.506. The molecule has 1 aliphatic rings. The summed E-state index contributed by atoms with van der Waals surface area (Å²) in [6.07, 6.45) is 6.40. The normalized spacial score (nSPS) is 19.4. The Morgan fingerprint density at radius 1 is 1.44 bits per heavy atom. The lowest BCUT2D eigenvalue weighted by Crippen LogP contribution is -2.47. The second kappa shape index (κ2) is 6.99. The number of carboxylic acid groups (broad SMARTS) is 1. The number of amides is 1. The number of carboxylic acids is 1. The van der Waals surface area contributed by atoms with Crippen molar-refractivity contribution in [2.45, 2.75) is 50.1 Å². The Morgan fingerprint density at radius 3 is 2.56 bits per heavy atom.